The van der Waals surface area contributed by atoms with Gasteiger partial charge in [0, 0.05) is 30.7 Å². The maximum atomic E-state index is 12.5. The lowest BCUT2D eigenvalue weighted by molar-refractivity contribution is 0.0652. The van der Waals surface area contributed by atoms with Crippen LogP contribution in [0, 0.1) is 0 Å². The lowest BCUT2D eigenvalue weighted by Crippen LogP contribution is -2.58. The van der Waals surface area contributed by atoms with E-state index in [-0.39, 0.29) is 11.4 Å². The average molecular weight is 285 g/mol. The van der Waals surface area contributed by atoms with Crippen molar-refractivity contribution in [3.8, 4) is 5.69 Å². The molecule has 1 aliphatic heterocycles. The van der Waals surface area contributed by atoms with E-state index in [0.29, 0.717) is 5.56 Å². The van der Waals surface area contributed by atoms with Crippen LogP contribution in [-0.2, 0) is 0 Å². The van der Waals surface area contributed by atoms with Crippen LogP contribution in [-0.4, -0.2) is 51.0 Å². The summed E-state index contributed by atoms with van der Waals surface area (Å²) in [7, 11) is 0. The number of nitrogens with one attached hydrogen (secondary N) is 1. The molecule has 3 rings (SSSR count). The average Bonchev–Trinajstić information content (AvgIpc) is 3.00. The zero-order valence-corrected chi connectivity index (χ0v) is 12.3. The molecule has 2 aromatic rings. The van der Waals surface area contributed by atoms with Crippen molar-refractivity contribution in [2.24, 2.45) is 0 Å². The van der Waals surface area contributed by atoms with Crippen LogP contribution in [0.5, 0.6) is 0 Å². The van der Waals surface area contributed by atoms with E-state index in [0.717, 1.165) is 25.3 Å². The second-order valence-electron chi connectivity index (χ2n) is 5.93. The Morgan fingerprint density at radius 2 is 2.05 bits per heavy atom. The molecule has 1 aliphatic rings. The molecule has 1 saturated heterocycles. The van der Waals surface area contributed by atoms with Crippen LogP contribution in [0.15, 0.2) is 36.7 Å². The van der Waals surface area contributed by atoms with Gasteiger partial charge in [-0.3, -0.25) is 4.79 Å². The first-order valence-corrected chi connectivity index (χ1v) is 7.06. The molecule has 0 atom stereocenters. The van der Waals surface area contributed by atoms with Gasteiger partial charge in [0.05, 0.1) is 18.1 Å². The van der Waals surface area contributed by atoms with Gasteiger partial charge < -0.3 is 10.2 Å². The van der Waals surface area contributed by atoms with Gasteiger partial charge in [-0.25, -0.2) is 4.68 Å². The van der Waals surface area contributed by atoms with E-state index in [1.807, 2.05) is 29.2 Å². The monoisotopic (exact) mass is 285 g/mol. The summed E-state index contributed by atoms with van der Waals surface area (Å²) in [6.07, 6.45) is 3.40. The van der Waals surface area contributed by atoms with Crippen LogP contribution in [0.25, 0.3) is 5.69 Å². The van der Waals surface area contributed by atoms with E-state index in [1.54, 1.807) is 17.1 Å². The highest BCUT2D eigenvalue weighted by Gasteiger charge is 2.28. The summed E-state index contributed by atoms with van der Waals surface area (Å²) in [5.74, 6) is 0.0784. The Balaban J connectivity index is 1.76. The summed E-state index contributed by atoms with van der Waals surface area (Å²) >= 11 is 0. The van der Waals surface area contributed by atoms with Gasteiger partial charge >= 0.3 is 0 Å². The van der Waals surface area contributed by atoms with Gasteiger partial charge in [0.15, 0.2) is 0 Å². The Bertz CT molecular complexity index is 618. The maximum Gasteiger partial charge on any atom is 0.253 e. The van der Waals surface area contributed by atoms with Gasteiger partial charge in [-0.1, -0.05) is 5.21 Å². The highest BCUT2D eigenvalue weighted by atomic mass is 16.2. The minimum atomic E-state index is -0.0332. The Labute approximate surface area is 123 Å². The summed E-state index contributed by atoms with van der Waals surface area (Å²) in [5, 5.41) is 11.1. The quantitative estimate of drug-likeness (QED) is 0.897. The fourth-order valence-corrected chi connectivity index (χ4v) is 2.60. The molecule has 21 heavy (non-hydrogen) atoms. The molecule has 0 unspecified atom stereocenters. The summed E-state index contributed by atoms with van der Waals surface area (Å²) in [4.78, 5) is 14.5. The molecule has 110 valence electrons. The zero-order chi connectivity index (χ0) is 14.9. The number of carbonyl (C=O) groups excluding carboxylic acids is 1. The molecule has 1 aromatic heterocycles. The second-order valence-corrected chi connectivity index (χ2v) is 5.93. The normalized spacial score (nSPS) is 17.7. The molecule has 1 amide bonds. The third-order valence-corrected chi connectivity index (χ3v) is 3.66. The predicted octanol–water partition coefficient (Wildman–Crippen LogP) is 1.09. The van der Waals surface area contributed by atoms with Gasteiger partial charge in [-0.05, 0) is 38.1 Å². The standard InChI is InChI=1S/C15H19N5O/c1-15(2)11-19(9-7-16-15)14(21)12-3-5-13(6-4-12)20-10-8-17-18-20/h3-6,8,10,16H,7,9,11H2,1-2H3. The number of rotatable bonds is 2. The number of nitrogens with zero attached hydrogens (tertiary/aromatic N) is 4. The van der Waals surface area contributed by atoms with Crippen molar-refractivity contribution in [1.82, 2.24) is 25.2 Å². The molecule has 0 bridgehead atoms. The minimum absolute atomic E-state index is 0.0332. The molecule has 0 aliphatic carbocycles. The molecule has 6 nitrogen and oxygen atoms in total. The lowest BCUT2D eigenvalue weighted by atomic mass is 10.0. The predicted molar refractivity (Wildman–Crippen MR) is 79.3 cm³/mol. The van der Waals surface area contributed by atoms with Crippen LogP contribution in [0.2, 0.25) is 0 Å². The molecular weight excluding hydrogens is 266 g/mol. The van der Waals surface area contributed by atoms with Crippen molar-refractivity contribution in [1.29, 1.82) is 0 Å². The molecule has 0 radical (unpaired) electrons. The van der Waals surface area contributed by atoms with E-state index in [9.17, 15) is 4.79 Å². The smallest absolute Gasteiger partial charge is 0.253 e. The summed E-state index contributed by atoms with van der Waals surface area (Å²) in [6, 6.07) is 7.45. The highest BCUT2D eigenvalue weighted by molar-refractivity contribution is 5.94. The summed E-state index contributed by atoms with van der Waals surface area (Å²) in [6.45, 7) is 6.51. The zero-order valence-electron chi connectivity index (χ0n) is 12.3. The number of hydrogen-bond donors (Lipinski definition) is 1. The van der Waals surface area contributed by atoms with Crippen LogP contribution in [0.3, 0.4) is 0 Å². The number of hydrogen-bond acceptors (Lipinski definition) is 4. The van der Waals surface area contributed by atoms with E-state index in [4.69, 9.17) is 0 Å². The number of amides is 1. The van der Waals surface area contributed by atoms with Gasteiger partial charge in [-0.15, -0.1) is 5.10 Å². The van der Waals surface area contributed by atoms with Crippen LogP contribution in [0.1, 0.15) is 24.2 Å². The van der Waals surface area contributed by atoms with Crippen LogP contribution in [0.4, 0.5) is 0 Å². The van der Waals surface area contributed by atoms with Crippen LogP contribution >= 0.6 is 0 Å². The van der Waals surface area contributed by atoms with Crippen molar-refractivity contribution >= 4 is 5.91 Å². The molecule has 0 saturated carbocycles. The van der Waals surface area contributed by atoms with Gasteiger partial charge in [0.2, 0.25) is 0 Å². The molecular formula is C15H19N5O. The molecule has 1 N–H and O–H groups in total. The largest absolute Gasteiger partial charge is 0.336 e. The molecule has 1 fully saturated rings. The number of benzene rings is 1. The van der Waals surface area contributed by atoms with Gasteiger partial charge in [0.25, 0.3) is 5.91 Å². The Kier molecular flexibility index (Phi) is 3.47. The molecule has 6 heteroatoms. The first-order valence-electron chi connectivity index (χ1n) is 7.06. The van der Waals surface area contributed by atoms with Crippen molar-refractivity contribution in [3.63, 3.8) is 0 Å². The Hall–Kier alpha value is -2.21. The fourth-order valence-electron chi connectivity index (χ4n) is 2.60. The minimum Gasteiger partial charge on any atom is -0.336 e. The van der Waals surface area contributed by atoms with E-state index in [1.165, 1.54) is 0 Å². The third kappa shape index (κ3) is 2.95. The Morgan fingerprint density at radius 3 is 2.67 bits per heavy atom. The topological polar surface area (TPSA) is 63.1 Å². The van der Waals surface area contributed by atoms with Crippen LogP contribution < -0.4 is 5.32 Å². The van der Waals surface area contributed by atoms with Crippen molar-refractivity contribution in [2.45, 2.75) is 19.4 Å². The van der Waals surface area contributed by atoms with E-state index < -0.39 is 0 Å². The molecule has 2 heterocycles. The van der Waals surface area contributed by atoms with Gasteiger partial charge in [-0.2, -0.15) is 0 Å². The summed E-state index contributed by atoms with van der Waals surface area (Å²) in [5.41, 5.74) is 1.57. The number of carbonyl (C=O) groups is 1. The fraction of sp³-hybridized carbons (Fsp3) is 0.400. The lowest BCUT2D eigenvalue weighted by Gasteiger charge is -2.39. The van der Waals surface area contributed by atoms with E-state index >= 15 is 0 Å². The van der Waals surface area contributed by atoms with Crippen molar-refractivity contribution < 1.29 is 4.79 Å². The van der Waals surface area contributed by atoms with E-state index in [2.05, 4.69) is 29.5 Å². The third-order valence-electron chi connectivity index (χ3n) is 3.66. The molecule has 0 spiro atoms. The number of piperazine rings is 1. The highest BCUT2D eigenvalue weighted by Crippen LogP contribution is 2.15. The first kappa shape index (κ1) is 13.8. The van der Waals surface area contributed by atoms with Gasteiger partial charge in [0.1, 0.15) is 0 Å². The van der Waals surface area contributed by atoms with Crippen molar-refractivity contribution in [2.75, 3.05) is 19.6 Å². The summed E-state index contributed by atoms with van der Waals surface area (Å²) < 4.78 is 1.67. The Morgan fingerprint density at radius 1 is 1.29 bits per heavy atom. The first-order chi connectivity index (χ1) is 10.1. The second kappa shape index (κ2) is 5.29. The SMILES string of the molecule is CC1(C)CN(C(=O)c2ccc(-n3ccnn3)cc2)CCN1. The maximum absolute atomic E-state index is 12.5. The van der Waals surface area contributed by atoms with Crippen molar-refractivity contribution in [3.05, 3.63) is 42.2 Å². The molecule has 1 aromatic carbocycles. The number of aromatic nitrogens is 3.